The monoisotopic (exact) mass is 389 g/mol. The minimum Gasteiger partial charge on any atom is -0.353 e. The summed E-state index contributed by atoms with van der Waals surface area (Å²) in [5.41, 5.74) is -0.629. The molecule has 2 heterocycles. The van der Waals surface area contributed by atoms with Crippen molar-refractivity contribution in [3.05, 3.63) is 53.7 Å². The molecule has 2 aromatic rings. The van der Waals surface area contributed by atoms with Crippen molar-refractivity contribution in [1.82, 2.24) is 9.88 Å². The van der Waals surface area contributed by atoms with E-state index in [0.29, 0.717) is 37.6 Å². The van der Waals surface area contributed by atoms with Crippen LogP contribution >= 0.6 is 0 Å². The number of alkyl halides is 3. The van der Waals surface area contributed by atoms with Gasteiger partial charge < -0.3 is 10.2 Å². The molecule has 1 aromatic carbocycles. The highest BCUT2D eigenvalue weighted by Gasteiger charge is 2.33. The van der Waals surface area contributed by atoms with Crippen molar-refractivity contribution in [2.75, 3.05) is 42.9 Å². The Morgan fingerprint density at radius 2 is 1.86 bits per heavy atom. The Kier molecular flexibility index (Phi) is 5.80. The van der Waals surface area contributed by atoms with E-state index in [1.54, 1.807) is 18.3 Å². The van der Waals surface area contributed by atoms with Crippen molar-refractivity contribution >= 4 is 17.4 Å². The normalized spacial score (nSPS) is 15.1. The van der Waals surface area contributed by atoms with Crippen molar-refractivity contribution in [2.45, 2.75) is 6.18 Å². The maximum atomic E-state index is 13.0. The first-order valence-electron chi connectivity index (χ1n) is 8.67. The second kappa shape index (κ2) is 8.27. The molecule has 1 amide bonds. The lowest BCUT2D eigenvalue weighted by molar-refractivity contribution is -0.137. The first-order chi connectivity index (χ1) is 13.4. The van der Waals surface area contributed by atoms with Gasteiger partial charge in [-0.15, -0.1) is 0 Å². The Morgan fingerprint density at radius 1 is 1.14 bits per heavy atom. The molecule has 9 heteroatoms. The number of aromatic nitrogens is 1. The number of nitrogens with zero attached hydrogens (tertiary/aromatic N) is 4. The predicted molar refractivity (Wildman–Crippen MR) is 97.7 cm³/mol. The summed E-state index contributed by atoms with van der Waals surface area (Å²) >= 11 is 0. The van der Waals surface area contributed by atoms with E-state index < -0.39 is 17.6 Å². The number of pyridine rings is 1. The topological polar surface area (TPSA) is 72.3 Å². The van der Waals surface area contributed by atoms with E-state index in [2.05, 4.69) is 16.4 Å². The van der Waals surface area contributed by atoms with Crippen LogP contribution in [0.3, 0.4) is 0 Å². The highest BCUT2D eigenvalue weighted by Crippen LogP contribution is 2.34. The molecule has 6 nitrogen and oxygen atoms in total. The fourth-order valence-electron chi connectivity index (χ4n) is 3.09. The maximum absolute atomic E-state index is 13.0. The second-order valence-corrected chi connectivity index (χ2v) is 6.34. The van der Waals surface area contributed by atoms with Crippen LogP contribution in [0.5, 0.6) is 0 Å². The molecule has 1 aliphatic heterocycles. The van der Waals surface area contributed by atoms with Gasteiger partial charge >= 0.3 is 6.18 Å². The number of amides is 1. The van der Waals surface area contributed by atoms with E-state index in [4.69, 9.17) is 0 Å². The van der Waals surface area contributed by atoms with Crippen LogP contribution in [-0.4, -0.2) is 48.5 Å². The molecule has 0 bridgehead atoms. The number of hydrogen-bond acceptors (Lipinski definition) is 5. The molecule has 28 heavy (non-hydrogen) atoms. The molecule has 0 atom stereocenters. The summed E-state index contributed by atoms with van der Waals surface area (Å²) in [6.45, 7) is 2.20. The zero-order valence-electron chi connectivity index (χ0n) is 14.9. The van der Waals surface area contributed by atoms with Crippen LogP contribution < -0.4 is 10.2 Å². The predicted octanol–water partition coefficient (Wildman–Crippen LogP) is 2.73. The average Bonchev–Trinajstić information content (AvgIpc) is 2.68. The fraction of sp³-hybridized carbons (Fsp3) is 0.316. The number of hydrogen-bond donors (Lipinski definition) is 1. The van der Waals surface area contributed by atoms with Crippen LogP contribution in [-0.2, 0) is 11.0 Å². The number of piperazine rings is 1. The van der Waals surface area contributed by atoms with Gasteiger partial charge in [0.15, 0.2) is 0 Å². The number of carbonyl (C=O) groups excluding carboxylic acids is 1. The molecule has 1 fully saturated rings. The first-order valence-corrected chi connectivity index (χ1v) is 8.67. The lowest BCUT2D eigenvalue weighted by Crippen LogP contribution is -2.49. The zero-order valence-corrected chi connectivity index (χ0v) is 14.9. The summed E-state index contributed by atoms with van der Waals surface area (Å²) in [5.74, 6) is 0.105. The van der Waals surface area contributed by atoms with Gasteiger partial charge in [-0.1, -0.05) is 12.1 Å². The maximum Gasteiger partial charge on any atom is 0.418 e. The van der Waals surface area contributed by atoms with Gasteiger partial charge in [0.1, 0.15) is 11.9 Å². The van der Waals surface area contributed by atoms with Gasteiger partial charge in [-0.05, 0) is 24.3 Å². The number of carbonyl (C=O) groups is 1. The number of benzene rings is 1. The third-order valence-corrected chi connectivity index (χ3v) is 4.45. The lowest BCUT2D eigenvalue weighted by atomic mass is 10.1. The van der Waals surface area contributed by atoms with Gasteiger partial charge in [-0.25, -0.2) is 4.98 Å². The van der Waals surface area contributed by atoms with Gasteiger partial charge in [0.05, 0.1) is 23.4 Å². The summed E-state index contributed by atoms with van der Waals surface area (Å²) in [4.78, 5) is 20.3. The third kappa shape index (κ3) is 4.58. The number of para-hydroxylation sites is 1. The number of nitriles is 1. The highest BCUT2D eigenvalue weighted by atomic mass is 19.4. The Bertz CT molecular complexity index is 886. The van der Waals surface area contributed by atoms with E-state index in [9.17, 15) is 23.2 Å². The SMILES string of the molecule is N#Cc1cccnc1N1CCN(CC(=O)Nc2ccccc2C(F)(F)F)CC1. The standard InChI is InChI=1S/C19H18F3N5O/c20-19(21,22)15-5-1-2-6-16(15)25-17(28)13-26-8-10-27(11-9-26)18-14(12-23)4-3-7-24-18/h1-7H,8-11,13H2,(H,25,28). The minimum absolute atomic E-state index is 0.00659. The van der Waals surface area contributed by atoms with E-state index in [1.807, 2.05) is 9.80 Å². The van der Waals surface area contributed by atoms with Crippen molar-refractivity contribution < 1.29 is 18.0 Å². The number of rotatable bonds is 4. The smallest absolute Gasteiger partial charge is 0.353 e. The van der Waals surface area contributed by atoms with Crippen molar-refractivity contribution in [3.8, 4) is 6.07 Å². The molecule has 0 spiro atoms. The number of halogens is 3. The number of anilines is 2. The van der Waals surface area contributed by atoms with E-state index >= 15 is 0 Å². The Labute approximate surface area is 160 Å². The first kappa shape index (κ1) is 19.6. The molecule has 3 rings (SSSR count). The third-order valence-electron chi connectivity index (χ3n) is 4.45. The Balaban J connectivity index is 1.57. The molecule has 1 aliphatic rings. The Hall–Kier alpha value is -3.12. The lowest BCUT2D eigenvalue weighted by Gasteiger charge is -2.35. The second-order valence-electron chi connectivity index (χ2n) is 6.34. The van der Waals surface area contributed by atoms with Crippen LogP contribution in [0.1, 0.15) is 11.1 Å². The summed E-state index contributed by atoms with van der Waals surface area (Å²) < 4.78 is 39.1. The van der Waals surface area contributed by atoms with Crippen molar-refractivity contribution in [3.63, 3.8) is 0 Å². The van der Waals surface area contributed by atoms with Gasteiger partial charge in [0.2, 0.25) is 5.91 Å². The van der Waals surface area contributed by atoms with E-state index in [0.717, 1.165) is 6.07 Å². The number of nitrogens with one attached hydrogen (secondary N) is 1. The summed E-state index contributed by atoms with van der Waals surface area (Å²) in [7, 11) is 0. The van der Waals surface area contributed by atoms with E-state index in [1.165, 1.54) is 18.2 Å². The molecule has 1 N–H and O–H groups in total. The van der Waals surface area contributed by atoms with Crippen LogP contribution in [0, 0.1) is 11.3 Å². The highest BCUT2D eigenvalue weighted by molar-refractivity contribution is 5.93. The molecule has 1 saturated heterocycles. The molecule has 146 valence electrons. The van der Waals surface area contributed by atoms with E-state index in [-0.39, 0.29) is 12.2 Å². The summed E-state index contributed by atoms with van der Waals surface area (Å²) in [6.07, 6.45) is -2.91. The molecule has 0 aliphatic carbocycles. The summed E-state index contributed by atoms with van der Waals surface area (Å²) in [5, 5.41) is 11.5. The van der Waals surface area contributed by atoms with Gasteiger partial charge in [-0.3, -0.25) is 9.69 Å². The molecule has 0 saturated carbocycles. The van der Waals surface area contributed by atoms with Gasteiger partial charge in [0, 0.05) is 32.4 Å². The molecule has 0 radical (unpaired) electrons. The molecular formula is C19H18F3N5O. The van der Waals surface area contributed by atoms with Crippen LogP contribution in [0.2, 0.25) is 0 Å². The van der Waals surface area contributed by atoms with Crippen molar-refractivity contribution in [1.29, 1.82) is 5.26 Å². The van der Waals surface area contributed by atoms with Crippen molar-refractivity contribution in [2.24, 2.45) is 0 Å². The quantitative estimate of drug-likeness (QED) is 0.871. The molecular weight excluding hydrogens is 371 g/mol. The van der Waals surface area contributed by atoms with Crippen LogP contribution in [0.25, 0.3) is 0 Å². The van der Waals surface area contributed by atoms with Crippen LogP contribution in [0.4, 0.5) is 24.7 Å². The Morgan fingerprint density at radius 3 is 2.54 bits per heavy atom. The van der Waals surface area contributed by atoms with Gasteiger partial charge in [0.25, 0.3) is 0 Å². The minimum atomic E-state index is -4.53. The molecule has 0 unspecified atom stereocenters. The zero-order chi connectivity index (χ0) is 20.1. The molecule has 1 aromatic heterocycles. The van der Waals surface area contributed by atoms with Gasteiger partial charge in [-0.2, -0.15) is 18.4 Å². The average molecular weight is 389 g/mol. The van der Waals surface area contributed by atoms with Crippen LogP contribution in [0.15, 0.2) is 42.6 Å². The fourth-order valence-corrected chi connectivity index (χ4v) is 3.09. The largest absolute Gasteiger partial charge is 0.418 e. The summed E-state index contributed by atoms with van der Waals surface area (Å²) in [6, 6.07) is 10.4.